The van der Waals surface area contributed by atoms with Gasteiger partial charge in [-0.2, -0.15) is 9.97 Å². The number of nitrogen functional groups attached to an aromatic ring is 2. The van der Waals surface area contributed by atoms with Crippen LogP contribution in [0.2, 0.25) is 0 Å². The van der Waals surface area contributed by atoms with Crippen LogP contribution in [0.25, 0.3) is 22.4 Å². The summed E-state index contributed by atoms with van der Waals surface area (Å²) in [6.45, 7) is 0. The number of carbonyl (C=O) groups is 2. The molecule has 0 saturated heterocycles. The van der Waals surface area contributed by atoms with Gasteiger partial charge in [-0.1, -0.05) is 24.3 Å². The van der Waals surface area contributed by atoms with Crippen LogP contribution >= 0.6 is 0 Å². The summed E-state index contributed by atoms with van der Waals surface area (Å²) in [6.07, 6.45) is 0.685. The average molecular weight is 298 g/mol. The maximum atomic E-state index is 11.6. The molecule has 22 heavy (non-hydrogen) atoms. The number of aldehydes is 1. The molecule has 110 valence electrons. The lowest BCUT2D eigenvalue weighted by Crippen LogP contribution is -2.03. The fraction of sp³-hybridized carbons (Fsp3) is 0. The lowest BCUT2D eigenvalue weighted by Gasteiger charge is -2.00. The van der Waals surface area contributed by atoms with Crippen molar-refractivity contribution in [2.75, 3.05) is 11.5 Å². The molecule has 0 saturated carbocycles. The number of aromatic carboxylic acids is 1. The van der Waals surface area contributed by atoms with Gasteiger partial charge in [-0.3, -0.25) is 4.79 Å². The van der Waals surface area contributed by atoms with Crippen molar-refractivity contribution in [3.8, 4) is 11.3 Å². The summed E-state index contributed by atoms with van der Waals surface area (Å²) in [7, 11) is 0. The molecule has 3 aromatic rings. The minimum atomic E-state index is -1.23. The molecule has 0 amide bonds. The van der Waals surface area contributed by atoms with Crippen molar-refractivity contribution in [2.45, 2.75) is 0 Å². The zero-order valence-electron chi connectivity index (χ0n) is 11.1. The quantitative estimate of drug-likeness (QED) is 0.617. The monoisotopic (exact) mass is 298 g/mol. The highest BCUT2D eigenvalue weighted by molar-refractivity contribution is 6.10. The molecule has 1 aromatic carbocycles. The van der Waals surface area contributed by atoms with Crippen LogP contribution in [0.3, 0.4) is 0 Å². The molecule has 8 nitrogen and oxygen atoms in total. The minimum absolute atomic E-state index is 0.00290. The van der Waals surface area contributed by atoms with Crippen LogP contribution in [0.15, 0.2) is 28.7 Å². The predicted molar refractivity (Wildman–Crippen MR) is 78.4 cm³/mol. The van der Waals surface area contributed by atoms with Crippen LogP contribution in [0, 0.1) is 0 Å². The summed E-state index contributed by atoms with van der Waals surface area (Å²) < 4.78 is 5.50. The number of fused-ring (bicyclic) bond motifs is 1. The zero-order chi connectivity index (χ0) is 15.9. The topological polar surface area (TPSA) is 145 Å². The molecule has 0 unspecified atom stereocenters. The van der Waals surface area contributed by atoms with Crippen molar-refractivity contribution < 1.29 is 19.1 Å². The van der Waals surface area contributed by atoms with Gasteiger partial charge in [0.2, 0.25) is 11.7 Å². The number of rotatable bonds is 3. The molecule has 8 heteroatoms. The van der Waals surface area contributed by atoms with Crippen molar-refractivity contribution >= 4 is 35.1 Å². The second-order valence-electron chi connectivity index (χ2n) is 4.50. The summed E-state index contributed by atoms with van der Waals surface area (Å²) in [5.74, 6) is -1.34. The van der Waals surface area contributed by atoms with Gasteiger partial charge in [-0.15, -0.1) is 0 Å². The van der Waals surface area contributed by atoms with Gasteiger partial charge in [0.1, 0.15) is 17.7 Å². The molecule has 2 aromatic heterocycles. The second-order valence-corrected chi connectivity index (χ2v) is 4.50. The standard InChI is InChI=1S/C14H10N4O4/c15-11-9-8(13(20)21)10(22-12(9)18-14(16)17-11)7-3-1-6(5-19)2-4-7/h1-5H,(H,20,21)(H4,15,16,17,18). The van der Waals surface area contributed by atoms with Crippen molar-refractivity contribution in [3.63, 3.8) is 0 Å². The molecule has 5 N–H and O–H groups in total. The Morgan fingerprint density at radius 3 is 2.45 bits per heavy atom. The Morgan fingerprint density at radius 1 is 1.18 bits per heavy atom. The smallest absolute Gasteiger partial charge is 0.340 e. The number of aromatic nitrogens is 2. The molecule has 0 spiro atoms. The van der Waals surface area contributed by atoms with E-state index in [1.165, 1.54) is 0 Å². The first-order chi connectivity index (χ1) is 10.5. The normalized spacial score (nSPS) is 10.7. The van der Waals surface area contributed by atoms with Crippen LogP contribution in [0.5, 0.6) is 0 Å². The van der Waals surface area contributed by atoms with E-state index in [0.29, 0.717) is 17.4 Å². The Balaban J connectivity index is 2.32. The lowest BCUT2D eigenvalue weighted by molar-refractivity contribution is 0.0699. The minimum Gasteiger partial charge on any atom is -0.478 e. The molecule has 0 aliphatic carbocycles. The number of benzene rings is 1. The van der Waals surface area contributed by atoms with Gasteiger partial charge in [0.25, 0.3) is 0 Å². The third-order valence-corrected chi connectivity index (χ3v) is 3.12. The number of hydrogen-bond donors (Lipinski definition) is 3. The maximum Gasteiger partial charge on any atom is 0.340 e. The van der Waals surface area contributed by atoms with Crippen LogP contribution < -0.4 is 11.5 Å². The van der Waals surface area contributed by atoms with Gasteiger partial charge in [0.05, 0.1) is 5.39 Å². The predicted octanol–water partition coefficient (Wildman–Crippen LogP) is 1.56. The Labute approximate surface area is 123 Å². The molecular weight excluding hydrogens is 288 g/mol. The summed E-state index contributed by atoms with van der Waals surface area (Å²) >= 11 is 0. The molecule has 0 fully saturated rings. The van der Waals surface area contributed by atoms with E-state index in [2.05, 4.69) is 9.97 Å². The summed E-state index contributed by atoms with van der Waals surface area (Å²) in [6, 6.07) is 6.23. The molecule has 3 rings (SSSR count). The van der Waals surface area contributed by atoms with E-state index in [4.69, 9.17) is 15.9 Å². The van der Waals surface area contributed by atoms with E-state index in [1.807, 2.05) is 0 Å². The number of nitrogens with zero attached hydrogens (tertiary/aromatic N) is 2. The van der Waals surface area contributed by atoms with Gasteiger partial charge in [0.15, 0.2) is 5.76 Å². The Kier molecular flexibility index (Phi) is 2.99. The van der Waals surface area contributed by atoms with Gasteiger partial charge in [-0.25, -0.2) is 4.79 Å². The van der Waals surface area contributed by atoms with Crippen LogP contribution in [-0.4, -0.2) is 27.3 Å². The molecule has 0 bridgehead atoms. The SMILES string of the molecule is Nc1nc(N)c2c(C(=O)O)c(-c3ccc(C=O)cc3)oc2n1. The van der Waals surface area contributed by atoms with Crippen LogP contribution in [-0.2, 0) is 0 Å². The number of carboxylic acids is 1. The number of anilines is 2. The van der Waals surface area contributed by atoms with E-state index in [9.17, 15) is 14.7 Å². The molecule has 2 heterocycles. The Morgan fingerprint density at radius 2 is 1.86 bits per heavy atom. The number of hydrogen-bond acceptors (Lipinski definition) is 7. The highest BCUT2D eigenvalue weighted by Crippen LogP contribution is 2.35. The first-order valence-electron chi connectivity index (χ1n) is 6.15. The second kappa shape index (κ2) is 4.85. The van der Waals surface area contributed by atoms with E-state index >= 15 is 0 Å². The van der Waals surface area contributed by atoms with Crippen LogP contribution in [0.1, 0.15) is 20.7 Å². The van der Waals surface area contributed by atoms with Gasteiger partial charge in [-0.05, 0) is 0 Å². The summed E-state index contributed by atoms with van der Waals surface area (Å²) in [4.78, 5) is 29.9. The molecular formula is C14H10N4O4. The Hall–Kier alpha value is -3.42. The van der Waals surface area contributed by atoms with Crippen molar-refractivity contribution in [1.29, 1.82) is 0 Å². The number of nitrogens with two attached hydrogens (primary N) is 2. The van der Waals surface area contributed by atoms with Gasteiger partial charge in [0, 0.05) is 11.1 Å². The fourth-order valence-corrected chi connectivity index (χ4v) is 2.16. The van der Waals surface area contributed by atoms with E-state index in [1.54, 1.807) is 24.3 Å². The molecule has 0 radical (unpaired) electrons. The van der Waals surface area contributed by atoms with E-state index in [-0.39, 0.29) is 34.2 Å². The molecule has 0 aliphatic heterocycles. The number of furan rings is 1. The first-order valence-corrected chi connectivity index (χ1v) is 6.15. The third kappa shape index (κ3) is 2.03. The van der Waals surface area contributed by atoms with Crippen molar-refractivity contribution in [3.05, 3.63) is 35.4 Å². The van der Waals surface area contributed by atoms with Crippen molar-refractivity contribution in [2.24, 2.45) is 0 Å². The molecule has 0 atom stereocenters. The first kappa shape index (κ1) is 13.6. The lowest BCUT2D eigenvalue weighted by atomic mass is 10.1. The largest absolute Gasteiger partial charge is 0.478 e. The van der Waals surface area contributed by atoms with Gasteiger partial charge < -0.3 is 21.0 Å². The number of carboxylic acid groups (broad SMARTS) is 1. The summed E-state index contributed by atoms with van der Waals surface area (Å²) in [5, 5.41) is 9.54. The Bertz CT molecular complexity index is 899. The fourth-order valence-electron chi connectivity index (χ4n) is 2.16. The number of carbonyl (C=O) groups excluding carboxylic acids is 1. The highest BCUT2D eigenvalue weighted by Gasteiger charge is 2.25. The third-order valence-electron chi connectivity index (χ3n) is 3.12. The average Bonchev–Trinajstić information content (AvgIpc) is 2.87. The van der Waals surface area contributed by atoms with Crippen molar-refractivity contribution in [1.82, 2.24) is 9.97 Å². The zero-order valence-corrected chi connectivity index (χ0v) is 11.1. The maximum absolute atomic E-state index is 11.6. The van der Waals surface area contributed by atoms with E-state index in [0.717, 1.165) is 0 Å². The van der Waals surface area contributed by atoms with Crippen LogP contribution in [0.4, 0.5) is 11.8 Å². The summed E-state index contributed by atoms with van der Waals surface area (Å²) in [5.41, 5.74) is 12.0. The van der Waals surface area contributed by atoms with Gasteiger partial charge >= 0.3 is 5.97 Å². The molecule has 0 aliphatic rings. The highest BCUT2D eigenvalue weighted by atomic mass is 16.4. The van der Waals surface area contributed by atoms with E-state index < -0.39 is 5.97 Å².